The minimum absolute atomic E-state index is 0.144. The van der Waals surface area contributed by atoms with Gasteiger partial charge in [-0.2, -0.15) is 0 Å². The van der Waals surface area contributed by atoms with Gasteiger partial charge in [-0.25, -0.2) is 19.4 Å². The number of hydrogen-bond donors (Lipinski definition) is 0. The maximum atomic E-state index is 11.9. The smallest absolute Gasteiger partial charge is 0.247 e. The van der Waals surface area contributed by atoms with Gasteiger partial charge < -0.3 is 0 Å². The predicted octanol–water partition coefficient (Wildman–Crippen LogP) is 4.95. The van der Waals surface area contributed by atoms with Crippen molar-refractivity contribution in [3.8, 4) is 0 Å². The van der Waals surface area contributed by atoms with Crippen LogP contribution >= 0.6 is 0 Å². The molecule has 0 fully saturated rings. The molecular formula is C17H32O4. The maximum Gasteiger partial charge on any atom is 0.358 e. The van der Waals surface area contributed by atoms with Crippen molar-refractivity contribution in [2.24, 2.45) is 5.92 Å². The van der Waals surface area contributed by atoms with E-state index in [0.717, 1.165) is 64.2 Å². The first-order valence-electron chi connectivity index (χ1n) is 8.56. The minimum atomic E-state index is -0.441. The van der Waals surface area contributed by atoms with Crippen LogP contribution in [-0.2, 0) is 19.4 Å². The minimum Gasteiger partial charge on any atom is -0.247 e. The van der Waals surface area contributed by atoms with Crippen LogP contribution < -0.4 is 0 Å². The van der Waals surface area contributed by atoms with E-state index in [9.17, 15) is 9.59 Å². The van der Waals surface area contributed by atoms with E-state index in [0.29, 0.717) is 6.42 Å². The molecule has 0 heterocycles. The summed E-state index contributed by atoms with van der Waals surface area (Å²) in [7, 11) is 0. The van der Waals surface area contributed by atoms with E-state index in [4.69, 9.17) is 4.89 Å². The molecule has 1 unspecified atom stereocenters. The molecule has 0 spiro atoms. The summed E-state index contributed by atoms with van der Waals surface area (Å²) in [5, 5.41) is 0. The van der Waals surface area contributed by atoms with Crippen LogP contribution in [0.4, 0.5) is 0 Å². The molecule has 0 aromatic carbocycles. The average Bonchev–Trinajstić information content (AvgIpc) is 2.48. The predicted molar refractivity (Wildman–Crippen MR) is 83.5 cm³/mol. The SMILES string of the molecule is CCCCCCC(=O)OOC(=O)C(CCC)CCCCC. The number of unbranched alkanes of at least 4 members (excludes halogenated alkanes) is 5. The summed E-state index contributed by atoms with van der Waals surface area (Å²) in [5.41, 5.74) is 0. The Morgan fingerprint density at radius 2 is 1.43 bits per heavy atom. The van der Waals surface area contributed by atoms with Crippen LogP contribution in [0.5, 0.6) is 0 Å². The molecule has 0 bridgehead atoms. The molecule has 0 amide bonds. The summed E-state index contributed by atoms with van der Waals surface area (Å²) in [4.78, 5) is 32.7. The number of rotatable bonds is 12. The van der Waals surface area contributed by atoms with Crippen LogP contribution in [0.2, 0.25) is 0 Å². The van der Waals surface area contributed by atoms with Gasteiger partial charge in [0.05, 0.1) is 12.3 Å². The third-order valence-corrected chi connectivity index (χ3v) is 3.58. The summed E-state index contributed by atoms with van der Waals surface area (Å²) in [6, 6.07) is 0. The lowest BCUT2D eigenvalue weighted by Gasteiger charge is -2.13. The number of hydrogen-bond acceptors (Lipinski definition) is 4. The Morgan fingerprint density at radius 1 is 0.762 bits per heavy atom. The van der Waals surface area contributed by atoms with Crippen LogP contribution in [0.1, 0.15) is 91.4 Å². The average molecular weight is 300 g/mol. The zero-order valence-corrected chi connectivity index (χ0v) is 14.0. The van der Waals surface area contributed by atoms with E-state index in [1.54, 1.807) is 0 Å². The topological polar surface area (TPSA) is 52.6 Å². The fraction of sp³-hybridized carbons (Fsp3) is 0.882. The molecule has 4 heteroatoms. The maximum absolute atomic E-state index is 11.9. The monoisotopic (exact) mass is 300 g/mol. The molecule has 0 saturated heterocycles. The molecule has 21 heavy (non-hydrogen) atoms. The highest BCUT2D eigenvalue weighted by atomic mass is 17.2. The Hall–Kier alpha value is -1.06. The van der Waals surface area contributed by atoms with Crippen molar-refractivity contribution >= 4 is 11.9 Å². The van der Waals surface area contributed by atoms with Crippen molar-refractivity contribution in [1.29, 1.82) is 0 Å². The van der Waals surface area contributed by atoms with E-state index in [-0.39, 0.29) is 5.92 Å². The van der Waals surface area contributed by atoms with Gasteiger partial charge in [-0.05, 0) is 19.3 Å². The highest BCUT2D eigenvalue weighted by Gasteiger charge is 2.21. The zero-order valence-electron chi connectivity index (χ0n) is 14.0. The third-order valence-electron chi connectivity index (χ3n) is 3.58. The largest absolute Gasteiger partial charge is 0.358 e. The highest BCUT2D eigenvalue weighted by molar-refractivity contribution is 5.74. The first kappa shape index (κ1) is 19.9. The molecule has 0 aromatic rings. The van der Waals surface area contributed by atoms with Crippen LogP contribution in [0, 0.1) is 5.92 Å². The first-order chi connectivity index (χ1) is 10.2. The van der Waals surface area contributed by atoms with Gasteiger partial charge >= 0.3 is 11.9 Å². The van der Waals surface area contributed by atoms with Crippen molar-refractivity contribution in [1.82, 2.24) is 0 Å². The Bertz CT molecular complexity index is 276. The second kappa shape index (κ2) is 13.9. The lowest BCUT2D eigenvalue weighted by molar-refractivity contribution is -0.262. The van der Waals surface area contributed by atoms with Crippen molar-refractivity contribution in [3.05, 3.63) is 0 Å². The second-order valence-electron chi connectivity index (χ2n) is 5.65. The van der Waals surface area contributed by atoms with E-state index < -0.39 is 11.9 Å². The quantitative estimate of drug-likeness (QED) is 0.290. The van der Waals surface area contributed by atoms with E-state index >= 15 is 0 Å². The molecule has 0 saturated carbocycles. The van der Waals surface area contributed by atoms with Gasteiger partial charge in [0.1, 0.15) is 0 Å². The van der Waals surface area contributed by atoms with Crippen LogP contribution in [-0.4, -0.2) is 11.9 Å². The third kappa shape index (κ3) is 11.3. The van der Waals surface area contributed by atoms with Gasteiger partial charge in [-0.3, -0.25) is 0 Å². The van der Waals surface area contributed by atoms with Gasteiger partial charge in [-0.15, -0.1) is 0 Å². The van der Waals surface area contributed by atoms with Crippen molar-refractivity contribution in [2.75, 3.05) is 0 Å². The van der Waals surface area contributed by atoms with E-state index in [1.165, 1.54) is 0 Å². The van der Waals surface area contributed by atoms with Crippen molar-refractivity contribution < 1.29 is 19.4 Å². The van der Waals surface area contributed by atoms with Crippen molar-refractivity contribution in [2.45, 2.75) is 91.4 Å². The molecule has 0 rings (SSSR count). The molecule has 0 aliphatic carbocycles. The Labute approximate surface area is 129 Å². The Balaban J connectivity index is 3.91. The molecule has 4 nitrogen and oxygen atoms in total. The lowest BCUT2D eigenvalue weighted by atomic mass is 9.97. The fourth-order valence-corrected chi connectivity index (χ4v) is 2.26. The fourth-order valence-electron chi connectivity index (χ4n) is 2.26. The lowest BCUT2D eigenvalue weighted by Crippen LogP contribution is -2.20. The summed E-state index contributed by atoms with van der Waals surface area (Å²) in [5.74, 6) is -0.979. The van der Waals surface area contributed by atoms with Crippen molar-refractivity contribution in [3.63, 3.8) is 0 Å². The molecule has 1 atom stereocenters. The summed E-state index contributed by atoms with van der Waals surface area (Å²) >= 11 is 0. The second-order valence-corrected chi connectivity index (χ2v) is 5.65. The molecule has 0 aromatic heterocycles. The van der Waals surface area contributed by atoms with E-state index in [1.807, 2.05) is 6.92 Å². The Morgan fingerprint density at radius 3 is 2.05 bits per heavy atom. The molecule has 0 N–H and O–H groups in total. The van der Waals surface area contributed by atoms with Gasteiger partial charge in [-0.1, -0.05) is 65.7 Å². The summed E-state index contributed by atoms with van der Waals surface area (Å²) in [6.45, 7) is 6.29. The number of carbonyl (C=O) groups excluding carboxylic acids is 2. The summed E-state index contributed by atoms with van der Waals surface area (Å²) < 4.78 is 0. The standard InChI is InChI=1S/C17H32O4/c1-4-7-9-11-14-16(18)20-21-17(19)15(12-6-3)13-10-8-5-2/h15H,4-14H2,1-3H3. The Kier molecular flexibility index (Phi) is 13.2. The summed E-state index contributed by atoms with van der Waals surface area (Å²) in [6.07, 6.45) is 10.1. The van der Waals surface area contributed by atoms with Gasteiger partial charge in [0, 0.05) is 0 Å². The molecular weight excluding hydrogens is 268 g/mol. The first-order valence-corrected chi connectivity index (χ1v) is 8.56. The van der Waals surface area contributed by atoms with E-state index in [2.05, 4.69) is 18.7 Å². The molecule has 0 aliphatic heterocycles. The molecule has 0 aliphatic rings. The van der Waals surface area contributed by atoms with Crippen LogP contribution in [0.25, 0.3) is 0 Å². The normalized spacial score (nSPS) is 12.0. The number of carbonyl (C=O) groups is 2. The van der Waals surface area contributed by atoms with Gasteiger partial charge in [0.15, 0.2) is 0 Å². The van der Waals surface area contributed by atoms with Crippen LogP contribution in [0.15, 0.2) is 0 Å². The van der Waals surface area contributed by atoms with Crippen LogP contribution in [0.3, 0.4) is 0 Å². The van der Waals surface area contributed by atoms with Gasteiger partial charge in [0.2, 0.25) is 0 Å². The highest BCUT2D eigenvalue weighted by Crippen LogP contribution is 2.17. The molecule has 124 valence electrons. The molecule has 0 radical (unpaired) electrons. The zero-order chi connectivity index (χ0) is 15.9. The van der Waals surface area contributed by atoms with Gasteiger partial charge in [0.25, 0.3) is 0 Å².